The zero-order valence-electron chi connectivity index (χ0n) is 11.1. The first-order valence-corrected chi connectivity index (χ1v) is 7.42. The maximum atomic E-state index is 9.54. The minimum absolute atomic E-state index is 0.276. The molecule has 0 fully saturated rings. The number of rotatable bonds is 2. The van der Waals surface area contributed by atoms with Crippen LogP contribution in [0, 0.1) is 0 Å². The zero-order chi connectivity index (χ0) is 13.9. The molecular formula is C16H16BrNO2. The molecule has 0 amide bonds. The fraction of sp³-hybridized carbons (Fsp3) is 0.250. The van der Waals surface area contributed by atoms with Gasteiger partial charge in [0, 0.05) is 25.2 Å². The van der Waals surface area contributed by atoms with Crippen LogP contribution in [0.5, 0.6) is 11.5 Å². The summed E-state index contributed by atoms with van der Waals surface area (Å²) in [4.78, 5) is 2.35. The van der Waals surface area contributed by atoms with Gasteiger partial charge in [0.05, 0.1) is 4.47 Å². The van der Waals surface area contributed by atoms with Gasteiger partial charge >= 0.3 is 0 Å². The highest BCUT2D eigenvalue weighted by atomic mass is 79.9. The predicted molar refractivity (Wildman–Crippen MR) is 81.9 cm³/mol. The predicted octanol–water partition coefficient (Wildman–Crippen LogP) is 3.55. The Morgan fingerprint density at radius 1 is 1.20 bits per heavy atom. The Morgan fingerprint density at radius 3 is 2.90 bits per heavy atom. The molecule has 0 unspecified atom stereocenters. The van der Waals surface area contributed by atoms with Gasteiger partial charge in [0.25, 0.3) is 0 Å². The Morgan fingerprint density at radius 2 is 2.05 bits per heavy atom. The number of aromatic hydroxyl groups is 1. The first-order valence-electron chi connectivity index (χ1n) is 6.63. The number of benzene rings is 2. The van der Waals surface area contributed by atoms with Crippen molar-refractivity contribution in [3.05, 3.63) is 58.1 Å². The normalized spacial score (nSPS) is 15.2. The van der Waals surface area contributed by atoms with Crippen molar-refractivity contribution < 1.29 is 9.84 Å². The third-order valence-corrected chi connectivity index (χ3v) is 4.09. The van der Waals surface area contributed by atoms with Gasteiger partial charge in [-0.2, -0.15) is 0 Å². The van der Waals surface area contributed by atoms with Gasteiger partial charge < -0.3 is 9.84 Å². The fourth-order valence-corrected chi connectivity index (χ4v) is 2.85. The fourth-order valence-electron chi connectivity index (χ4n) is 2.42. The molecule has 1 aliphatic rings. The van der Waals surface area contributed by atoms with Crippen LogP contribution in [0.2, 0.25) is 0 Å². The Kier molecular flexibility index (Phi) is 3.94. The van der Waals surface area contributed by atoms with E-state index in [4.69, 9.17) is 4.74 Å². The molecule has 4 heteroatoms. The number of phenols is 1. The second kappa shape index (κ2) is 5.85. The quantitative estimate of drug-likeness (QED) is 0.912. The summed E-state index contributed by atoms with van der Waals surface area (Å²) in [6.45, 7) is 3.33. The van der Waals surface area contributed by atoms with E-state index in [0.29, 0.717) is 6.61 Å². The number of hydrogen-bond acceptors (Lipinski definition) is 3. The number of halogens is 1. The molecule has 0 spiro atoms. The Hall–Kier alpha value is -1.52. The van der Waals surface area contributed by atoms with Crippen molar-refractivity contribution in [3.63, 3.8) is 0 Å². The lowest BCUT2D eigenvalue weighted by Gasteiger charge is -2.19. The second-order valence-electron chi connectivity index (χ2n) is 4.95. The summed E-state index contributed by atoms with van der Waals surface area (Å²) in [6, 6.07) is 13.8. The van der Waals surface area contributed by atoms with E-state index < -0.39 is 0 Å². The molecule has 3 rings (SSSR count). The van der Waals surface area contributed by atoms with Crippen molar-refractivity contribution in [1.29, 1.82) is 0 Å². The zero-order valence-corrected chi connectivity index (χ0v) is 12.6. The van der Waals surface area contributed by atoms with Crippen molar-refractivity contribution in [1.82, 2.24) is 4.90 Å². The Labute approximate surface area is 126 Å². The van der Waals surface area contributed by atoms with Crippen LogP contribution in [-0.4, -0.2) is 23.2 Å². The first kappa shape index (κ1) is 13.5. The number of para-hydroxylation sites is 1. The molecule has 1 heterocycles. The van der Waals surface area contributed by atoms with E-state index in [2.05, 4.69) is 26.9 Å². The molecule has 1 aliphatic heterocycles. The molecule has 0 aliphatic carbocycles. The van der Waals surface area contributed by atoms with Crippen LogP contribution in [-0.2, 0) is 13.1 Å². The molecular weight excluding hydrogens is 318 g/mol. The maximum Gasteiger partial charge on any atom is 0.129 e. The number of ether oxygens (including phenoxy) is 1. The van der Waals surface area contributed by atoms with Gasteiger partial charge in [-0.3, -0.25) is 4.90 Å². The van der Waals surface area contributed by atoms with E-state index in [1.54, 1.807) is 6.07 Å². The molecule has 0 saturated heterocycles. The van der Waals surface area contributed by atoms with Crippen LogP contribution >= 0.6 is 15.9 Å². The maximum absolute atomic E-state index is 9.54. The Balaban J connectivity index is 1.76. The highest BCUT2D eigenvalue weighted by Gasteiger charge is 2.15. The van der Waals surface area contributed by atoms with E-state index in [9.17, 15) is 5.11 Å². The van der Waals surface area contributed by atoms with Gasteiger partial charge in [0.15, 0.2) is 0 Å². The van der Waals surface area contributed by atoms with Gasteiger partial charge in [0.1, 0.15) is 18.1 Å². The summed E-state index contributed by atoms with van der Waals surface area (Å²) in [5, 5.41) is 9.54. The molecule has 0 saturated carbocycles. The summed E-state index contributed by atoms with van der Waals surface area (Å²) < 4.78 is 6.51. The smallest absolute Gasteiger partial charge is 0.129 e. The van der Waals surface area contributed by atoms with Crippen LogP contribution in [0.1, 0.15) is 11.1 Å². The van der Waals surface area contributed by atoms with Gasteiger partial charge in [-0.15, -0.1) is 0 Å². The molecule has 0 bridgehead atoms. The lowest BCUT2D eigenvalue weighted by molar-refractivity contribution is 0.219. The lowest BCUT2D eigenvalue weighted by atomic mass is 10.1. The summed E-state index contributed by atoms with van der Waals surface area (Å²) in [6.07, 6.45) is 0. The molecule has 0 atom stereocenters. The molecule has 0 radical (unpaired) electrons. The minimum Gasteiger partial charge on any atom is -0.507 e. The molecule has 2 aromatic rings. The number of hydrogen-bond donors (Lipinski definition) is 1. The van der Waals surface area contributed by atoms with E-state index in [0.717, 1.165) is 29.9 Å². The standard InChI is InChI=1S/C16H16BrNO2/c17-14-9-12(5-6-15(14)19)10-18-7-8-20-16-4-2-1-3-13(16)11-18/h1-6,9,19H,7-8,10-11H2. The molecule has 20 heavy (non-hydrogen) atoms. The number of nitrogens with zero attached hydrogens (tertiary/aromatic N) is 1. The summed E-state index contributed by atoms with van der Waals surface area (Å²) in [5.74, 6) is 1.26. The highest BCUT2D eigenvalue weighted by molar-refractivity contribution is 9.10. The van der Waals surface area contributed by atoms with Gasteiger partial charge in [-0.25, -0.2) is 0 Å². The first-order chi connectivity index (χ1) is 9.72. The average Bonchev–Trinajstić information content (AvgIpc) is 2.64. The van der Waals surface area contributed by atoms with E-state index in [1.165, 1.54) is 11.1 Å². The molecule has 104 valence electrons. The van der Waals surface area contributed by atoms with Crippen molar-refractivity contribution in [2.24, 2.45) is 0 Å². The van der Waals surface area contributed by atoms with Gasteiger partial charge in [-0.1, -0.05) is 24.3 Å². The van der Waals surface area contributed by atoms with E-state index in [-0.39, 0.29) is 5.75 Å². The molecule has 2 aromatic carbocycles. The van der Waals surface area contributed by atoms with E-state index in [1.807, 2.05) is 30.3 Å². The monoisotopic (exact) mass is 333 g/mol. The molecule has 1 N–H and O–H groups in total. The summed E-state index contributed by atoms with van der Waals surface area (Å²) in [7, 11) is 0. The van der Waals surface area contributed by atoms with Crippen molar-refractivity contribution >= 4 is 15.9 Å². The highest BCUT2D eigenvalue weighted by Crippen LogP contribution is 2.27. The lowest BCUT2D eigenvalue weighted by Crippen LogP contribution is -2.25. The molecule has 0 aromatic heterocycles. The van der Waals surface area contributed by atoms with Gasteiger partial charge in [-0.05, 0) is 39.7 Å². The third kappa shape index (κ3) is 2.97. The summed E-state index contributed by atoms with van der Waals surface area (Å²) in [5.41, 5.74) is 2.40. The van der Waals surface area contributed by atoms with Crippen LogP contribution in [0.15, 0.2) is 46.9 Å². The average molecular weight is 334 g/mol. The number of fused-ring (bicyclic) bond motifs is 1. The topological polar surface area (TPSA) is 32.7 Å². The largest absolute Gasteiger partial charge is 0.507 e. The van der Waals surface area contributed by atoms with E-state index >= 15 is 0 Å². The van der Waals surface area contributed by atoms with Crippen LogP contribution in [0.3, 0.4) is 0 Å². The van der Waals surface area contributed by atoms with Crippen molar-refractivity contribution in [2.45, 2.75) is 13.1 Å². The minimum atomic E-state index is 0.276. The van der Waals surface area contributed by atoms with Gasteiger partial charge in [0.2, 0.25) is 0 Å². The van der Waals surface area contributed by atoms with Crippen LogP contribution in [0.25, 0.3) is 0 Å². The third-order valence-electron chi connectivity index (χ3n) is 3.45. The molecule has 3 nitrogen and oxygen atoms in total. The number of phenolic OH excluding ortho intramolecular Hbond substituents is 1. The van der Waals surface area contributed by atoms with Crippen LogP contribution < -0.4 is 4.74 Å². The Bertz CT molecular complexity index is 615. The second-order valence-corrected chi connectivity index (χ2v) is 5.81. The van der Waals surface area contributed by atoms with Crippen molar-refractivity contribution in [2.75, 3.05) is 13.2 Å². The van der Waals surface area contributed by atoms with Crippen molar-refractivity contribution in [3.8, 4) is 11.5 Å². The van der Waals surface area contributed by atoms with Crippen LogP contribution in [0.4, 0.5) is 0 Å². The SMILES string of the molecule is Oc1ccc(CN2CCOc3ccccc3C2)cc1Br. The summed E-state index contributed by atoms with van der Waals surface area (Å²) >= 11 is 3.36.